The number of ether oxygens (including phenoxy) is 4. The Kier molecular flexibility index (Phi) is 11.8. The van der Waals surface area contributed by atoms with Gasteiger partial charge in [0, 0.05) is 44.7 Å². The summed E-state index contributed by atoms with van der Waals surface area (Å²) in [7, 11) is 4.50. The van der Waals surface area contributed by atoms with Crippen LogP contribution in [-0.4, -0.2) is 75.3 Å². The maximum atomic E-state index is 13.2. The van der Waals surface area contributed by atoms with E-state index < -0.39 is 12.3 Å². The van der Waals surface area contributed by atoms with E-state index in [2.05, 4.69) is 15.0 Å². The van der Waals surface area contributed by atoms with Crippen molar-refractivity contribution in [3.8, 4) is 28.5 Å². The van der Waals surface area contributed by atoms with Gasteiger partial charge in [-0.15, -0.1) is 24.5 Å². The first-order valence-electron chi connectivity index (χ1n) is 13.0. The van der Waals surface area contributed by atoms with Crippen LogP contribution in [0.2, 0.25) is 0 Å². The van der Waals surface area contributed by atoms with Crippen LogP contribution in [-0.2, 0) is 11.3 Å². The molecule has 0 fully saturated rings. The molecule has 0 saturated carbocycles. The van der Waals surface area contributed by atoms with Gasteiger partial charge in [0.25, 0.3) is 5.91 Å². The lowest BCUT2D eigenvalue weighted by molar-refractivity contribution is -0.274. The maximum absolute atomic E-state index is 13.2. The summed E-state index contributed by atoms with van der Waals surface area (Å²) in [5, 5.41) is 4.64. The van der Waals surface area contributed by atoms with E-state index in [1.54, 1.807) is 40.2 Å². The number of hydrogen-bond donors (Lipinski definition) is 1. The van der Waals surface area contributed by atoms with Crippen LogP contribution in [0, 0.1) is 0 Å². The highest BCUT2D eigenvalue weighted by molar-refractivity contribution is 7.07. The molecule has 0 unspecified atom stereocenters. The van der Waals surface area contributed by atoms with Gasteiger partial charge in [0.1, 0.15) is 17.2 Å². The van der Waals surface area contributed by atoms with Crippen LogP contribution in [0.15, 0.2) is 52.8 Å². The molecule has 1 heterocycles. The number of nitrogens with one attached hydrogen (secondary N) is 1. The summed E-state index contributed by atoms with van der Waals surface area (Å²) in [6.07, 6.45) is -4.32. The molecule has 3 rings (SSSR count). The third-order valence-corrected chi connectivity index (χ3v) is 6.95. The number of likely N-dealkylation sites (N-methyl/N-ethyl adjacent to an activating group) is 1. The van der Waals surface area contributed by atoms with Gasteiger partial charge < -0.3 is 33.7 Å². The van der Waals surface area contributed by atoms with Gasteiger partial charge in [-0.2, -0.15) is 4.99 Å². The Labute approximate surface area is 245 Å². The maximum Gasteiger partial charge on any atom is 0.573 e. The minimum Gasteiger partial charge on any atom is -0.497 e. The highest BCUT2D eigenvalue weighted by atomic mass is 32.1. The van der Waals surface area contributed by atoms with Crippen molar-refractivity contribution >= 4 is 23.3 Å². The van der Waals surface area contributed by atoms with Crippen LogP contribution in [0.1, 0.15) is 23.7 Å². The summed E-state index contributed by atoms with van der Waals surface area (Å²) >= 11 is 1.20. The first-order valence-corrected chi connectivity index (χ1v) is 13.9. The number of carbonyl (C=O) groups excluding carboxylic acids is 2. The number of carbonyl (C=O) groups is 2. The number of alkyl halides is 3. The second-order valence-electron chi connectivity index (χ2n) is 8.77. The standard InChI is InChI=1S/C28H33F3N4O6S/c1-5-34(15-16-38-2)26(37)32-13-6-14-35-23(19-7-9-20(10-8-19)41-28(29,30)31)18-42-27(35)33-25(36)22-12-11-21(39-3)17-24(22)40-4/h7-12,17-18H,5-6,13-16H2,1-4H3,(H,32,37). The van der Waals surface area contributed by atoms with Crippen LogP contribution >= 0.6 is 11.3 Å². The number of amides is 3. The van der Waals surface area contributed by atoms with Crippen LogP contribution in [0.3, 0.4) is 0 Å². The lowest BCUT2D eigenvalue weighted by atomic mass is 10.1. The molecule has 0 aliphatic heterocycles. The molecule has 1 N–H and O–H groups in total. The molecule has 3 amide bonds. The third kappa shape index (κ3) is 8.98. The van der Waals surface area contributed by atoms with Crippen molar-refractivity contribution in [1.82, 2.24) is 14.8 Å². The molecule has 14 heteroatoms. The summed E-state index contributed by atoms with van der Waals surface area (Å²) in [5.74, 6) is -0.0870. The molecule has 0 spiro atoms. The van der Waals surface area contributed by atoms with Crippen molar-refractivity contribution in [2.24, 2.45) is 4.99 Å². The summed E-state index contributed by atoms with van der Waals surface area (Å²) < 4.78 is 59.2. The van der Waals surface area contributed by atoms with E-state index in [1.807, 2.05) is 6.92 Å². The SMILES string of the molecule is CCN(CCOC)C(=O)NCCCn1c(-c2ccc(OC(F)(F)F)cc2)csc1=NC(=O)c1ccc(OC)cc1OC. The van der Waals surface area contributed by atoms with Crippen LogP contribution < -0.4 is 24.3 Å². The Morgan fingerprint density at radius 2 is 1.76 bits per heavy atom. The van der Waals surface area contributed by atoms with Gasteiger partial charge in [-0.25, -0.2) is 4.79 Å². The van der Waals surface area contributed by atoms with Crippen molar-refractivity contribution in [3.05, 3.63) is 58.2 Å². The Morgan fingerprint density at radius 3 is 2.38 bits per heavy atom. The Bertz CT molecular complexity index is 1410. The second kappa shape index (κ2) is 15.3. The molecule has 0 aliphatic carbocycles. The normalized spacial score (nSPS) is 11.7. The van der Waals surface area contributed by atoms with Gasteiger partial charge in [0.2, 0.25) is 0 Å². The molecule has 0 radical (unpaired) electrons. The average molecular weight is 611 g/mol. The predicted octanol–water partition coefficient (Wildman–Crippen LogP) is 4.94. The highest BCUT2D eigenvalue weighted by Crippen LogP contribution is 2.28. The zero-order valence-electron chi connectivity index (χ0n) is 23.7. The van der Waals surface area contributed by atoms with Gasteiger partial charge in [-0.1, -0.05) is 0 Å². The minimum absolute atomic E-state index is 0.225. The molecule has 0 aliphatic rings. The first-order chi connectivity index (χ1) is 20.1. The number of hydrogen-bond acceptors (Lipinski definition) is 7. The summed E-state index contributed by atoms with van der Waals surface area (Å²) in [6.45, 7) is 3.96. The quantitative estimate of drug-likeness (QED) is 0.275. The molecule has 10 nitrogen and oxygen atoms in total. The number of halogens is 3. The number of urea groups is 1. The van der Waals surface area contributed by atoms with Crippen LogP contribution in [0.4, 0.5) is 18.0 Å². The molecular formula is C28H33F3N4O6S. The number of aromatic nitrogens is 1. The minimum atomic E-state index is -4.81. The lowest BCUT2D eigenvalue weighted by Crippen LogP contribution is -2.42. The van der Waals surface area contributed by atoms with Crippen molar-refractivity contribution in [2.45, 2.75) is 26.3 Å². The second-order valence-corrected chi connectivity index (χ2v) is 9.61. The first kappa shape index (κ1) is 32.5. The van der Waals surface area contributed by atoms with Crippen molar-refractivity contribution in [3.63, 3.8) is 0 Å². The molecule has 228 valence electrons. The van der Waals surface area contributed by atoms with Gasteiger partial charge in [0.05, 0.1) is 32.1 Å². The molecule has 0 saturated heterocycles. The molecule has 3 aromatic rings. The lowest BCUT2D eigenvalue weighted by Gasteiger charge is -2.21. The van der Waals surface area contributed by atoms with Gasteiger partial charge in [0.15, 0.2) is 4.80 Å². The molecule has 42 heavy (non-hydrogen) atoms. The van der Waals surface area contributed by atoms with E-state index >= 15 is 0 Å². The number of benzene rings is 2. The highest BCUT2D eigenvalue weighted by Gasteiger charge is 2.31. The van der Waals surface area contributed by atoms with Crippen LogP contribution in [0.5, 0.6) is 17.2 Å². The molecule has 2 aromatic carbocycles. The largest absolute Gasteiger partial charge is 0.573 e. The van der Waals surface area contributed by atoms with Crippen molar-refractivity contribution in [2.75, 3.05) is 47.6 Å². The average Bonchev–Trinajstić information content (AvgIpc) is 3.36. The van der Waals surface area contributed by atoms with E-state index in [4.69, 9.17) is 14.2 Å². The molecular weight excluding hydrogens is 577 g/mol. The Hall–Kier alpha value is -4.04. The monoisotopic (exact) mass is 610 g/mol. The molecule has 0 bridgehead atoms. The zero-order valence-corrected chi connectivity index (χ0v) is 24.5. The van der Waals surface area contributed by atoms with Crippen LogP contribution in [0.25, 0.3) is 11.3 Å². The zero-order chi connectivity index (χ0) is 30.7. The van der Waals surface area contributed by atoms with E-state index in [0.717, 1.165) is 0 Å². The number of methoxy groups -OCH3 is 3. The Balaban J connectivity index is 1.89. The summed E-state index contributed by atoms with van der Waals surface area (Å²) in [4.78, 5) is 32.0. The fourth-order valence-corrected chi connectivity index (χ4v) is 4.90. The topological polar surface area (TPSA) is 104 Å². The number of rotatable bonds is 13. The van der Waals surface area contributed by atoms with E-state index in [0.29, 0.717) is 66.8 Å². The number of nitrogens with zero attached hydrogens (tertiary/aromatic N) is 3. The fraction of sp³-hybridized carbons (Fsp3) is 0.393. The molecule has 1 aromatic heterocycles. The van der Waals surface area contributed by atoms with E-state index in [1.165, 1.54) is 49.8 Å². The smallest absolute Gasteiger partial charge is 0.497 e. The van der Waals surface area contributed by atoms with Gasteiger partial charge >= 0.3 is 12.4 Å². The number of thiazole rings is 1. The fourth-order valence-electron chi connectivity index (χ4n) is 3.96. The molecule has 0 atom stereocenters. The Morgan fingerprint density at radius 1 is 1.05 bits per heavy atom. The van der Waals surface area contributed by atoms with Gasteiger partial charge in [-0.3, -0.25) is 4.79 Å². The van der Waals surface area contributed by atoms with E-state index in [9.17, 15) is 22.8 Å². The van der Waals surface area contributed by atoms with Gasteiger partial charge in [-0.05, 0) is 55.3 Å². The summed E-state index contributed by atoms with van der Waals surface area (Å²) in [5.41, 5.74) is 1.46. The third-order valence-electron chi connectivity index (χ3n) is 6.09. The summed E-state index contributed by atoms with van der Waals surface area (Å²) in [6, 6.07) is 9.96. The van der Waals surface area contributed by atoms with Crippen molar-refractivity contribution < 1.29 is 41.7 Å². The van der Waals surface area contributed by atoms with E-state index in [-0.39, 0.29) is 17.3 Å². The predicted molar refractivity (Wildman–Crippen MR) is 151 cm³/mol. The van der Waals surface area contributed by atoms with Crippen molar-refractivity contribution in [1.29, 1.82) is 0 Å².